The lowest BCUT2D eigenvalue weighted by Crippen LogP contribution is -2.03. The van der Waals surface area contributed by atoms with Gasteiger partial charge in [0.25, 0.3) is 0 Å². The van der Waals surface area contributed by atoms with Crippen LogP contribution in [0, 0.1) is 13.8 Å². The minimum atomic E-state index is 0.820. The van der Waals surface area contributed by atoms with Crippen molar-refractivity contribution in [2.45, 2.75) is 34.1 Å². The molecule has 2 rings (SSSR count). The van der Waals surface area contributed by atoms with Crippen molar-refractivity contribution in [2.24, 2.45) is 4.99 Å². The highest BCUT2D eigenvalue weighted by molar-refractivity contribution is 6.05. The summed E-state index contributed by atoms with van der Waals surface area (Å²) in [5.41, 5.74) is 13.6. The van der Waals surface area contributed by atoms with Crippen molar-refractivity contribution in [3.05, 3.63) is 58.7 Å². The van der Waals surface area contributed by atoms with E-state index in [1.165, 1.54) is 11.1 Å². The van der Waals surface area contributed by atoms with Gasteiger partial charge < -0.3 is 5.73 Å². The van der Waals surface area contributed by atoms with Crippen LogP contribution in [0.1, 0.15) is 36.1 Å². The predicted molar refractivity (Wildman–Crippen MR) is 88.0 cm³/mol. The summed E-state index contributed by atoms with van der Waals surface area (Å²) in [7, 11) is 0. The highest BCUT2D eigenvalue weighted by atomic mass is 14.8. The van der Waals surface area contributed by atoms with Crippen LogP contribution in [0.5, 0.6) is 0 Å². The lowest BCUT2D eigenvalue weighted by Gasteiger charge is -2.11. The summed E-state index contributed by atoms with van der Waals surface area (Å²) in [6.07, 6.45) is 0.983. The summed E-state index contributed by atoms with van der Waals surface area (Å²) in [6.45, 7) is 8.31. The zero-order valence-corrected chi connectivity index (χ0v) is 12.7. The lowest BCUT2D eigenvalue weighted by atomic mass is 10.0. The van der Waals surface area contributed by atoms with Gasteiger partial charge in [-0.2, -0.15) is 0 Å². The summed E-state index contributed by atoms with van der Waals surface area (Å²) in [5, 5.41) is 0. The van der Waals surface area contributed by atoms with Gasteiger partial charge in [0.15, 0.2) is 0 Å². The molecule has 0 spiro atoms. The van der Waals surface area contributed by atoms with E-state index in [4.69, 9.17) is 10.7 Å². The number of nitrogens with two attached hydrogens (primary N) is 1. The molecule has 0 aliphatic carbocycles. The highest BCUT2D eigenvalue weighted by Gasteiger charge is 2.07. The molecule has 0 amide bonds. The first kappa shape index (κ1) is 14.3. The van der Waals surface area contributed by atoms with E-state index in [1.807, 2.05) is 32.0 Å². The third-order valence-electron chi connectivity index (χ3n) is 3.70. The molecule has 20 heavy (non-hydrogen) atoms. The van der Waals surface area contributed by atoms with Gasteiger partial charge in [0.05, 0.1) is 5.69 Å². The van der Waals surface area contributed by atoms with Crippen molar-refractivity contribution < 1.29 is 0 Å². The lowest BCUT2D eigenvalue weighted by molar-refractivity contribution is 1.12. The highest BCUT2D eigenvalue weighted by Crippen LogP contribution is 2.26. The number of hydrogen-bond donors (Lipinski definition) is 1. The van der Waals surface area contributed by atoms with Crippen LogP contribution in [-0.2, 0) is 6.42 Å². The van der Waals surface area contributed by atoms with Crippen molar-refractivity contribution in [2.75, 3.05) is 5.73 Å². The Morgan fingerprint density at radius 3 is 2.40 bits per heavy atom. The first-order valence-electron chi connectivity index (χ1n) is 7.03. The van der Waals surface area contributed by atoms with E-state index in [0.717, 1.165) is 34.6 Å². The number of aliphatic imine (C=N–C) groups is 1. The molecule has 0 aromatic heterocycles. The van der Waals surface area contributed by atoms with Crippen LogP contribution in [0.4, 0.5) is 11.4 Å². The number of rotatable bonds is 3. The summed E-state index contributed by atoms with van der Waals surface area (Å²) < 4.78 is 0. The first-order valence-corrected chi connectivity index (χ1v) is 7.03. The van der Waals surface area contributed by atoms with Crippen molar-refractivity contribution in [3.8, 4) is 0 Å². The van der Waals surface area contributed by atoms with Gasteiger partial charge in [0.1, 0.15) is 0 Å². The number of benzene rings is 2. The van der Waals surface area contributed by atoms with Gasteiger partial charge in [-0.3, -0.25) is 4.99 Å². The molecule has 0 atom stereocenters. The summed E-state index contributed by atoms with van der Waals surface area (Å²) >= 11 is 0. The number of anilines is 1. The second-order valence-electron chi connectivity index (χ2n) is 5.17. The fourth-order valence-electron chi connectivity index (χ4n) is 2.39. The van der Waals surface area contributed by atoms with Gasteiger partial charge >= 0.3 is 0 Å². The second kappa shape index (κ2) is 5.91. The molecule has 2 N–H and O–H groups in total. The average molecular weight is 266 g/mol. The van der Waals surface area contributed by atoms with Crippen molar-refractivity contribution >= 4 is 17.1 Å². The Kier molecular flexibility index (Phi) is 4.23. The molecule has 2 heteroatoms. The molecule has 0 fully saturated rings. The Hall–Kier alpha value is -2.09. The van der Waals surface area contributed by atoms with E-state index >= 15 is 0 Å². The normalized spacial score (nSPS) is 11.7. The molecule has 2 nitrogen and oxygen atoms in total. The largest absolute Gasteiger partial charge is 0.398 e. The predicted octanol–water partition coefficient (Wildman–Crippen LogP) is 4.59. The minimum Gasteiger partial charge on any atom is -0.398 e. The standard InChI is InChI=1S/C18H22N2/c1-5-15-10-6-9-13(3)18(15)20-14(4)16-11-7-8-12(2)17(16)19/h6-11H,5,19H2,1-4H3/b20-14-. The number of hydrogen-bond acceptors (Lipinski definition) is 2. The molecule has 0 unspecified atom stereocenters. The first-order chi connectivity index (χ1) is 9.54. The monoisotopic (exact) mass is 266 g/mol. The van der Waals surface area contributed by atoms with Crippen LogP contribution in [-0.4, -0.2) is 5.71 Å². The zero-order valence-electron chi connectivity index (χ0n) is 12.7. The Labute approximate surface area is 121 Å². The van der Waals surface area contributed by atoms with Crippen LogP contribution in [0.3, 0.4) is 0 Å². The zero-order chi connectivity index (χ0) is 14.7. The summed E-state index contributed by atoms with van der Waals surface area (Å²) in [6, 6.07) is 12.4. The maximum Gasteiger partial charge on any atom is 0.0694 e. The van der Waals surface area contributed by atoms with E-state index in [9.17, 15) is 0 Å². The maximum atomic E-state index is 6.16. The number of nitrogen functional groups attached to an aromatic ring is 1. The van der Waals surface area contributed by atoms with Crippen LogP contribution in [0.15, 0.2) is 41.4 Å². The van der Waals surface area contributed by atoms with Crippen molar-refractivity contribution in [1.82, 2.24) is 0 Å². The van der Waals surface area contributed by atoms with E-state index in [1.54, 1.807) is 0 Å². The fraction of sp³-hybridized carbons (Fsp3) is 0.278. The van der Waals surface area contributed by atoms with Gasteiger partial charge in [-0.05, 0) is 43.9 Å². The van der Waals surface area contributed by atoms with Gasteiger partial charge in [0, 0.05) is 17.0 Å². The third kappa shape index (κ3) is 2.74. The van der Waals surface area contributed by atoms with E-state index in [0.29, 0.717) is 0 Å². The molecular formula is C18H22N2. The molecule has 0 aliphatic heterocycles. The number of aryl methyl sites for hydroxylation is 3. The maximum absolute atomic E-state index is 6.16. The van der Waals surface area contributed by atoms with Gasteiger partial charge in [-0.25, -0.2) is 0 Å². The Balaban J connectivity index is 2.53. The molecular weight excluding hydrogens is 244 g/mol. The average Bonchev–Trinajstić information content (AvgIpc) is 2.44. The van der Waals surface area contributed by atoms with E-state index in [2.05, 4.69) is 32.0 Å². The van der Waals surface area contributed by atoms with Crippen LogP contribution >= 0.6 is 0 Å². The number of nitrogens with zero attached hydrogens (tertiary/aromatic N) is 1. The second-order valence-corrected chi connectivity index (χ2v) is 5.17. The Bertz CT molecular complexity index is 654. The molecule has 0 heterocycles. The van der Waals surface area contributed by atoms with Crippen LogP contribution in [0.2, 0.25) is 0 Å². The van der Waals surface area contributed by atoms with E-state index in [-0.39, 0.29) is 0 Å². The van der Waals surface area contributed by atoms with Gasteiger partial charge in [-0.1, -0.05) is 43.3 Å². The minimum absolute atomic E-state index is 0.820. The molecule has 2 aromatic rings. The SMILES string of the molecule is CCc1cccc(C)c1/N=C(/C)c1cccc(C)c1N. The molecule has 2 aromatic carbocycles. The van der Waals surface area contributed by atoms with Crippen molar-refractivity contribution in [1.29, 1.82) is 0 Å². The van der Waals surface area contributed by atoms with Crippen LogP contribution < -0.4 is 5.73 Å². The molecule has 0 radical (unpaired) electrons. The molecule has 0 saturated heterocycles. The van der Waals surface area contributed by atoms with Gasteiger partial charge in [0.2, 0.25) is 0 Å². The quantitative estimate of drug-likeness (QED) is 0.640. The Morgan fingerprint density at radius 2 is 1.70 bits per heavy atom. The van der Waals surface area contributed by atoms with Gasteiger partial charge in [-0.15, -0.1) is 0 Å². The Morgan fingerprint density at radius 1 is 1.05 bits per heavy atom. The van der Waals surface area contributed by atoms with E-state index < -0.39 is 0 Å². The fourth-order valence-corrected chi connectivity index (χ4v) is 2.39. The topological polar surface area (TPSA) is 38.4 Å². The molecule has 0 saturated carbocycles. The third-order valence-corrected chi connectivity index (χ3v) is 3.70. The number of para-hydroxylation sites is 2. The molecule has 0 aliphatic rings. The summed E-state index contributed by atoms with van der Waals surface area (Å²) in [4.78, 5) is 4.84. The smallest absolute Gasteiger partial charge is 0.0694 e. The van der Waals surface area contributed by atoms with Crippen molar-refractivity contribution in [3.63, 3.8) is 0 Å². The molecule has 0 bridgehead atoms. The van der Waals surface area contributed by atoms with Crippen LogP contribution in [0.25, 0.3) is 0 Å². The summed E-state index contributed by atoms with van der Waals surface area (Å²) in [5.74, 6) is 0. The molecule has 104 valence electrons.